The summed E-state index contributed by atoms with van der Waals surface area (Å²) in [6, 6.07) is 22.9. The molecular formula is C32H28ClN3O5. The Labute approximate surface area is 242 Å². The number of halogens is 1. The van der Waals surface area contributed by atoms with Gasteiger partial charge >= 0.3 is 6.03 Å². The third-order valence-electron chi connectivity index (χ3n) is 6.72. The van der Waals surface area contributed by atoms with Crippen molar-refractivity contribution in [1.29, 1.82) is 0 Å². The van der Waals surface area contributed by atoms with Gasteiger partial charge in [-0.3, -0.25) is 14.9 Å². The number of ether oxygens (including phenoxy) is 2. The molecule has 1 aliphatic rings. The molecule has 1 fully saturated rings. The summed E-state index contributed by atoms with van der Waals surface area (Å²) >= 11 is 6.23. The molecule has 0 bridgehead atoms. The average Bonchev–Trinajstić information content (AvgIpc) is 3.24. The van der Waals surface area contributed by atoms with Crippen molar-refractivity contribution >= 4 is 41.2 Å². The Hall–Kier alpha value is -4.82. The minimum absolute atomic E-state index is 0.153. The van der Waals surface area contributed by atoms with E-state index >= 15 is 0 Å². The van der Waals surface area contributed by atoms with E-state index in [1.807, 2.05) is 73.0 Å². The highest BCUT2D eigenvalue weighted by atomic mass is 35.5. The first-order chi connectivity index (χ1) is 19.8. The number of benzene rings is 3. The molecular weight excluding hydrogens is 542 g/mol. The number of nitrogens with one attached hydrogen (secondary N) is 1. The molecule has 0 saturated carbocycles. The van der Waals surface area contributed by atoms with Gasteiger partial charge in [-0.05, 0) is 80.9 Å². The predicted octanol–water partition coefficient (Wildman–Crippen LogP) is 6.39. The quantitative estimate of drug-likeness (QED) is 0.196. The minimum atomic E-state index is -0.827. The molecule has 0 unspecified atom stereocenters. The van der Waals surface area contributed by atoms with Gasteiger partial charge in [0.1, 0.15) is 23.7 Å². The Bertz CT molecular complexity index is 1670. The largest absolute Gasteiger partial charge is 0.492 e. The van der Waals surface area contributed by atoms with Gasteiger partial charge in [0, 0.05) is 27.7 Å². The van der Waals surface area contributed by atoms with Crippen molar-refractivity contribution < 1.29 is 23.9 Å². The number of urea groups is 1. The first-order valence-corrected chi connectivity index (χ1v) is 13.4. The van der Waals surface area contributed by atoms with E-state index in [1.165, 1.54) is 6.08 Å². The zero-order valence-electron chi connectivity index (χ0n) is 22.8. The topological polar surface area (TPSA) is 89.9 Å². The summed E-state index contributed by atoms with van der Waals surface area (Å²) in [6.45, 7) is 6.35. The van der Waals surface area contributed by atoms with Gasteiger partial charge in [-0.25, -0.2) is 9.69 Å². The Morgan fingerprint density at radius 2 is 1.61 bits per heavy atom. The fraction of sp³-hybridized carbons (Fsp3) is 0.156. The van der Waals surface area contributed by atoms with Crippen LogP contribution in [-0.2, 0) is 16.2 Å². The number of aromatic nitrogens is 1. The van der Waals surface area contributed by atoms with Gasteiger partial charge < -0.3 is 14.0 Å². The first-order valence-electron chi connectivity index (χ1n) is 13.1. The van der Waals surface area contributed by atoms with Gasteiger partial charge in [0.05, 0.1) is 12.3 Å². The molecule has 9 heteroatoms. The van der Waals surface area contributed by atoms with E-state index in [0.29, 0.717) is 35.3 Å². The van der Waals surface area contributed by atoms with Crippen LogP contribution in [0.3, 0.4) is 0 Å². The minimum Gasteiger partial charge on any atom is -0.492 e. The standard InChI is InChI=1S/C32H28ClN3O5/c1-4-40-29-12-8-7-11-28(29)36-31(38)26(30(37)34-32(36)39)18-23-17-20(2)35(21(23)3)24-13-15-25(16-14-24)41-19-22-9-5-6-10-27(22)33/h5-18H,4,19H2,1-3H3,(H,34,37,39)/b26-18+. The van der Waals surface area contributed by atoms with Crippen LogP contribution in [0, 0.1) is 13.8 Å². The highest BCUT2D eigenvalue weighted by Crippen LogP contribution is 2.32. The van der Waals surface area contributed by atoms with Crippen molar-refractivity contribution in [2.24, 2.45) is 0 Å². The van der Waals surface area contributed by atoms with Crippen LogP contribution >= 0.6 is 11.6 Å². The highest BCUT2D eigenvalue weighted by molar-refractivity contribution is 6.39. The van der Waals surface area contributed by atoms with E-state index < -0.39 is 17.8 Å². The van der Waals surface area contributed by atoms with Gasteiger partial charge in [-0.1, -0.05) is 41.9 Å². The SMILES string of the molecule is CCOc1ccccc1N1C(=O)NC(=O)/C(=C\c2cc(C)n(-c3ccc(OCc4ccccc4Cl)cc3)c2C)C1=O. The van der Waals surface area contributed by atoms with Crippen LogP contribution in [-0.4, -0.2) is 29.0 Å². The number of hydrogen-bond acceptors (Lipinski definition) is 5. The van der Waals surface area contributed by atoms with E-state index in [9.17, 15) is 14.4 Å². The summed E-state index contributed by atoms with van der Waals surface area (Å²) in [6.07, 6.45) is 1.51. The number of para-hydroxylation sites is 2. The normalized spacial score (nSPS) is 14.4. The Balaban J connectivity index is 1.41. The highest BCUT2D eigenvalue weighted by Gasteiger charge is 2.38. The molecule has 0 atom stereocenters. The summed E-state index contributed by atoms with van der Waals surface area (Å²) in [4.78, 5) is 39.9. The summed E-state index contributed by atoms with van der Waals surface area (Å²) in [5.41, 5.74) is 4.29. The predicted molar refractivity (Wildman–Crippen MR) is 158 cm³/mol. The van der Waals surface area contributed by atoms with E-state index in [-0.39, 0.29) is 11.3 Å². The van der Waals surface area contributed by atoms with Crippen molar-refractivity contribution in [3.05, 3.63) is 112 Å². The molecule has 41 heavy (non-hydrogen) atoms. The Morgan fingerprint density at radius 1 is 0.902 bits per heavy atom. The number of barbiturate groups is 1. The second-order valence-electron chi connectivity index (χ2n) is 9.39. The number of carbonyl (C=O) groups is 3. The molecule has 0 radical (unpaired) electrons. The molecule has 4 aromatic rings. The molecule has 3 aromatic carbocycles. The summed E-state index contributed by atoms with van der Waals surface area (Å²) in [5, 5.41) is 2.93. The molecule has 0 aliphatic carbocycles. The number of amides is 4. The van der Waals surface area contributed by atoms with Crippen molar-refractivity contribution in [1.82, 2.24) is 9.88 Å². The maximum Gasteiger partial charge on any atom is 0.336 e. The van der Waals surface area contributed by atoms with Gasteiger partial charge in [0.15, 0.2) is 0 Å². The van der Waals surface area contributed by atoms with E-state index in [4.69, 9.17) is 21.1 Å². The van der Waals surface area contributed by atoms with Crippen molar-refractivity contribution in [2.45, 2.75) is 27.4 Å². The molecule has 1 N–H and O–H groups in total. The molecule has 1 saturated heterocycles. The van der Waals surface area contributed by atoms with Crippen LogP contribution in [0.4, 0.5) is 10.5 Å². The van der Waals surface area contributed by atoms with E-state index in [1.54, 1.807) is 31.2 Å². The summed E-state index contributed by atoms with van der Waals surface area (Å²) in [7, 11) is 0. The molecule has 1 aliphatic heterocycles. The number of aryl methyl sites for hydroxylation is 1. The Morgan fingerprint density at radius 3 is 2.34 bits per heavy atom. The molecule has 4 amide bonds. The van der Waals surface area contributed by atoms with Gasteiger partial charge in [0.25, 0.3) is 11.8 Å². The summed E-state index contributed by atoms with van der Waals surface area (Å²) < 4.78 is 13.5. The van der Waals surface area contributed by atoms with Crippen LogP contribution in [0.15, 0.2) is 84.4 Å². The number of imide groups is 2. The first kappa shape index (κ1) is 27.7. The molecule has 1 aromatic heterocycles. The third-order valence-corrected chi connectivity index (χ3v) is 7.09. The Kier molecular flexibility index (Phi) is 7.94. The van der Waals surface area contributed by atoms with Crippen LogP contribution in [0.1, 0.15) is 29.4 Å². The molecule has 0 spiro atoms. The fourth-order valence-electron chi connectivity index (χ4n) is 4.75. The molecule has 8 nitrogen and oxygen atoms in total. The van der Waals surface area contributed by atoms with Crippen LogP contribution in [0.2, 0.25) is 5.02 Å². The molecule has 208 valence electrons. The van der Waals surface area contributed by atoms with Crippen molar-refractivity contribution in [2.75, 3.05) is 11.5 Å². The second-order valence-corrected chi connectivity index (χ2v) is 9.80. The van der Waals surface area contributed by atoms with Gasteiger partial charge in [-0.2, -0.15) is 0 Å². The van der Waals surface area contributed by atoms with Crippen LogP contribution in [0.5, 0.6) is 11.5 Å². The third kappa shape index (κ3) is 5.60. The number of nitrogens with zero attached hydrogens (tertiary/aromatic N) is 2. The second kappa shape index (κ2) is 11.7. The number of carbonyl (C=O) groups excluding carboxylic acids is 3. The maximum absolute atomic E-state index is 13.5. The summed E-state index contributed by atoms with van der Waals surface area (Å²) in [5.74, 6) is -0.421. The molecule has 2 heterocycles. The van der Waals surface area contributed by atoms with E-state index in [0.717, 1.165) is 27.5 Å². The van der Waals surface area contributed by atoms with E-state index in [2.05, 4.69) is 5.32 Å². The van der Waals surface area contributed by atoms with Crippen molar-refractivity contribution in [3.63, 3.8) is 0 Å². The fourth-order valence-corrected chi connectivity index (χ4v) is 4.94. The lowest BCUT2D eigenvalue weighted by Gasteiger charge is -2.27. The van der Waals surface area contributed by atoms with Crippen molar-refractivity contribution in [3.8, 4) is 17.2 Å². The van der Waals surface area contributed by atoms with Gasteiger partial charge in [-0.15, -0.1) is 0 Å². The number of rotatable bonds is 8. The smallest absolute Gasteiger partial charge is 0.336 e. The van der Waals surface area contributed by atoms with Crippen LogP contribution < -0.4 is 19.7 Å². The van der Waals surface area contributed by atoms with Crippen LogP contribution in [0.25, 0.3) is 11.8 Å². The zero-order valence-corrected chi connectivity index (χ0v) is 23.6. The number of anilines is 1. The number of hydrogen-bond donors (Lipinski definition) is 1. The van der Waals surface area contributed by atoms with Gasteiger partial charge in [0.2, 0.25) is 0 Å². The monoisotopic (exact) mass is 569 g/mol. The molecule has 5 rings (SSSR count). The zero-order chi connectivity index (χ0) is 29.1. The lowest BCUT2D eigenvalue weighted by Crippen LogP contribution is -2.54. The lowest BCUT2D eigenvalue weighted by atomic mass is 10.1. The lowest BCUT2D eigenvalue weighted by molar-refractivity contribution is -0.122. The average molecular weight is 570 g/mol. The maximum atomic E-state index is 13.5.